The Bertz CT molecular complexity index is 1250. The van der Waals surface area contributed by atoms with Gasteiger partial charge in [-0.25, -0.2) is 19.5 Å². The van der Waals surface area contributed by atoms with Crippen molar-refractivity contribution < 1.29 is 8.68 Å². The van der Waals surface area contributed by atoms with E-state index in [1.807, 2.05) is 33.9 Å². The van der Waals surface area contributed by atoms with Crippen LogP contribution in [0.25, 0.3) is 22.6 Å². The van der Waals surface area contributed by atoms with Gasteiger partial charge in [-0.05, 0) is 31.0 Å². The van der Waals surface area contributed by atoms with Crippen molar-refractivity contribution in [2.24, 2.45) is 7.05 Å². The van der Waals surface area contributed by atoms with Crippen molar-refractivity contribution in [3.05, 3.63) is 53.2 Å². The standard InChI is InChI=1S/C27H39N4Si/c1-17(2)24-28-25(30-26(29-24)27(5,6)7)22-15-21(18(3)14-19(22)4)23-13-12-20(16-31(23)8)32(9,10)11/h12-17H,1-11H3/q+1/i4D3. The van der Waals surface area contributed by atoms with Crippen molar-refractivity contribution in [3.63, 3.8) is 0 Å². The summed E-state index contributed by atoms with van der Waals surface area (Å²) >= 11 is 0. The minimum atomic E-state index is -2.30. The van der Waals surface area contributed by atoms with Gasteiger partial charge in [0, 0.05) is 37.8 Å². The molecule has 0 aliphatic heterocycles. The van der Waals surface area contributed by atoms with Crippen LogP contribution in [-0.2, 0) is 12.5 Å². The van der Waals surface area contributed by atoms with Gasteiger partial charge >= 0.3 is 0 Å². The molecule has 0 aliphatic carbocycles. The second-order valence-electron chi connectivity index (χ2n) is 11.1. The lowest BCUT2D eigenvalue weighted by molar-refractivity contribution is -0.659. The highest BCUT2D eigenvalue weighted by Crippen LogP contribution is 2.31. The molecule has 0 saturated carbocycles. The van der Waals surface area contributed by atoms with Crippen LogP contribution in [0.1, 0.15) is 67.4 Å². The Morgan fingerprint density at radius 1 is 0.969 bits per heavy atom. The molecule has 0 aliphatic rings. The summed E-state index contributed by atoms with van der Waals surface area (Å²) < 4.78 is 26.9. The highest BCUT2D eigenvalue weighted by atomic mass is 28.3. The SMILES string of the molecule is [2H]C([2H])([2H])c1cc(C)c(-c2ccc([Si](C)(C)C)c[n+]2C)cc1-c1nc(C(C)C)nc(C(C)(C)C)n1. The summed E-state index contributed by atoms with van der Waals surface area (Å²) in [4.78, 5) is 14.2. The van der Waals surface area contributed by atoms with Crippen LogP contribution >= 0.6 is 0 Å². The van der Waals surface area contributed by atoms with Crippen molar-refractivity contribution in [3.8, 4) is 22.6 Å². The van der Waals surface area contributed by atoms with Gasteiger partial charge in [0.2, 0.25) is 5.69 Å². The number of pyridine rings is 1. The van der Waals surface area contributed by atoms with Crippen LogP contribution < -0.4 is 9.75 Å². The Hall–Kier alpha value is -2.40. The van der Waals surface area contributed by atoms with E-state index in [2.05, 4.69) is 63.3 Å². The fourth-order valence-corrected chi connectivity index (χ4v) is 4.77. The van der Waals surface area contributed by atoms with Gasteiger partial charge in [0.05, 0.1) is 8.07 Å². The number of hydrogen-bond acceptors (Lipinski definition) is 3. The predicted molar refractivity (Wildman–Crippen MR) is 137 cm³/mol. The first kappa shape index (κ1) is 20.2. The van der Waals surface area contributed by atoms with Gasteiger partial charge in [-0.3, -0.25) is 0 Å². The molecule has 3 rings (SSSR count). The number of aromatic nitrogens is 4. The summed E-state index contributed by atoms with van der Waals surface area (Å²) in [6, 6.07) is 8.07. The van der Waals surface area contributed by atoms with Crippen molar-refractivity contribution in [2.45, 2.75) is 79.4 Å². The molecule has 32 heavy (non-hydrogen) atoms. The van der Waals surface area contributed by atoms with Crippen LogP contribution in [0, 0.1) is 13.8 Å². The summed E-state index contributed by atoms with van der Waals surface area (Å²) in [5.74, 6) is 1.84. The van der Waals surface area contributed by atoms with E-state index in [1.54, 1.807) is 6.07 Å². The molecule has 3 aromatic rings. The van der Waals surface area contributed by atoms with Crippen molar-refractivity contribution in [1.29, 1.82) is 0 Å². The normalized spacial score (nSPS) is 14.3. The van der Waals surface area contributed by atoms with E-state index < -0.39 is 14.9 Å². The minimum absolute atomic E-state index is 0.0888. The van der Waals surface area contributed by atoms with Gasteiger partial charge in [-0.2, -0.15) is 0 Å². The van der Waals surface area contributed by atoms with Crippen molar-refractivity contribution >= 4 is 13.3 Å². The van der Waals surface area contributed by atoms with Crippen LogP contribution in [-0.4, -0.2) is 23.0 Å². The lowest BCUT2D eigenvalue weighted by Crippen LogP contribution is -2.44. The quantitative estimate of drug-likeness (QED) is 0.383. The Morgan fingerprint density at radius 2 is 1.66 bits per heavy atom. The first-order chi connectivity index (χ1) is 15.9. The Balaban J connectivity index is 2.34. The summed E-state index contributed by atoms with van der Waals surface area (Å²) in [5.41, 5.74) is 3.41. The zero-order chi connectivity index (χ0) is 26.5. The second kappa shape index (κ2) is 8.51. The molecule has 2 aromatic heterocycles. The third kappa shape index (κ3) is 4.98. The molecule has 2 heterocycles. The molecule has 0 amide bonds. The van der Waals surface area contributed by atoms with Gasteiger partial charge in [-0.1, -0.05) is 66.4 Å². The van der Waals surface area contributed by atoms with Crippen LogP contribution in [0.3, 0.4) is 0 Å². The molecule has 1 aromatic carbocycles. The molecule has 170 valence electrons. The number of hydrogen-bond donors (Lipinski definition) is 0. The van der Waals surface area contributed by atoms with E-state index in [4.69, 9.17) is 19.1 Å². The smallest absolute Gasteiger partial charge is 0.212 e. The molecule has 4 nitrogen and oxygen atoms in total. The van der Waals surface area contributed by atoms with Crippen LogP contribution in [0.15, 0.2) is 30.5 Å². The van der Waals surface area contributed by atoms with E-state index in [1.165, 1.54) is 5.19 Å². The number of benzene rings is 1. The molecular weight excluding hydrogens is 408 g/mol. The fraction of sp³-hybridized carbons (Fsp3) is 0.481. The van der Waals surface area contributed by atoms with Crippen LogP contribution in [0.5, 0.6) is 0 Å². The lowest BCUT2D eigenvalue weighted by Gasteiger charge is -2.20. The largest absolute Gasteiger partial charge is 0.217 e. The van der Waals surface area contributed by atoms with Gasteiger partial charge in [0.15, 0.2) is 12.0 Å². The van der Waals surface area contributed by atoms with E-state index in [-0.39, 0.29) is 16.9 Å². The third-order valence-electron chi connectivity index (χ3n) is 5.72. The molecule has 0 N–H and O–H groups in total. The maximum atomic E-state index is 8.25. The molecule has 5 heteroatoms. The average molecular weight is 451 g/mol. The summed E-state index contributed by atoms with van der Waals surface area (Å²) in [6.07, 6.45) is 2.20. The fourth-order valence-electron chi connectivity index (χ4n) is 3.61. The molecule has 0 spiro atoms. The van der Waals surface area contributed by atoms with E-state index in [9.17, 15) is 0 Å². The van der Waals surface area contributed by atoms with E-state index in [0.717, 1.165) is 16.8 Å². The highest BCUT2D eigenvalue weighted by molar-refractivity contribution is 6.88. The topological polar surface area (TPSA) is 42.5 Å². The maximum Gasteiger partial charge on any atom is 0.212 e. The van der Waals surface area contributed by atoms with Crippen LogP contribution in [0.2, 0.25) is 19.6 Å². The zero-order valence-electron chi connectivity index (χ0n) is 24.3. The molecular formula is C27H39N4Si+. The van der Waals surface area contributed by atoms with Crippen molar-refractivity contribution in [2.75, 3.05) is 0 Å². The maximum absolute atomic E-state index is 8.25. The predicted octanol–water partition coefficient (Wildman–Crippen LogP) is 5.61. The monoisotopic (exact) mass is 450 g/mol. The number of aryl methyl sites for hydroxylation is 3. The summed E-state index contributed by atoms with van der Waals surface area (Å²) in [7, 11) is 0.586. The molecule has 0 atom stereocenters. The average Bonchev–Trinajstić information content (AvgIpc) is 2.71. The molecule has 0 radical (unpaired) electrons. The van der Waals surface area contributed by atoms with Gasteiger partial charge in [0.1, 0.15) is 18.7 Å². The van der Waals surface area contributed by atoms with Gasteiger partial charge in [-0.15, -0.1) is 0 Å². The Morgan fingerprint density at radius 3 is 2.19 bits per heavy atom. The summed E-state index contributed by atoms with van der Waals surface area (Å²) in [6.45, 7) is 16.9. The van der Waals surface area contributed by atoms with Crippen molar-refractivity contribution in [1.82, 2.24) is 15.0 Å². The van der Waals surface area contributed by atoms with Crippen LogP contribution in [0.4, 0.5) is 0 Å². The number of nitrogens with zero attached hydrogens (tertiary/aromatic N) is 4. The zero-order valence-corrected chi connectivity index (χ0v) is 22.3. The number of rotatable bonds is 4. The first-order valence-electron chi connectivity index (χ1n) is 12.8. The lowest BCUT2D eigenvalue weighted by atomic mass is 9.94. The first-order valence-corrected chi connectivity index (χ1v) is 14.8. The summed E-state index contributed by atoms with van der Waals surface area (Å²) in [5, 5.41) is 1.37. The molecule has 0 fully saturated rings. The van der Waals surface area contributed by atoms with Gasteiger partial charge in [0.25, 0.3) is 0 Å². The molecule has 0 unspecified atom stereocenters. The van der Waals surface area contributed by atoms with Gasteiger partial charge < -0.3 is 0 Å². The molecule has 0 saturated heterocycles. The Kier molecular flexibility index (Phi) is 5.38. The van der Waals surface area contributed by atoms with E-state index in [0.29, 0.717) is 23.0 Å². The minimum Gasteiger partial charge on any atom is -0.217 e. The molecule has 0 bridgehead atoms. The highest BCUT2D eigenvalue weighted by Gasteiger charge is 2.24. The van der Waals surface area contributed by atoms with E-state index >= 15 is 0 Å². The third-order valence-corrected chi connectivity index (χ3v) is 7.75. The Labute approximate surface area is 199 Å². The second-order valence-corrected chi connectivity index (χ2v) is 16.2.